The van der Waals surface area contributed by atoms with E-state index in [2.05, 4.69) is 10.3 Å². The van der Waals surface area contributed by atoms with Crippen molar-refractivity contribution in [2.45, 2.75) is 33.0 Å². The van der Waals surface area contributed by atoms with Crippen molar-refractivity contribution in [2.24, 2.45) is 0 Å². The molecule has 0 fully saturated rings. The number of benzene rings is 1. The van der Waals surface area contributed by atoms with Gasteiger partial charge in [0.05, 0.1) is 24.8 Å². The SMILES string of the molecule is CCOC(=O)C(NCc1ccccc1)c1cncn1CC. The number of aryl methyl sites for hydroxylation is 1. The third kappa shape index (κ3) is 3.92. The second-order valence-electron chi connectivity index (χ2n) is 4.66. The number of hydrogen-bond donors (Lipinski definition) is 1. The van der Waals surface area contributed by atoms with Gasteiger partial charge in [-0.1, -0.05) is 30.3 Å². The van der Waals surface area contributed by atoms with Crippen LogP contribution in [0.15, 0.2) is 42.9 Å². The molecule has 0 aliphatic rings. The maximum Gasteiger partial charge on any atom is 0.329 e. The molecule has 1 atom stereocenters. The van der Waals surface area contributed by atoms with Crippen LogP contribution in [-0.4, -0.2) is 22.1 Å². The Kier molecular flexibility index (Phi) is 5.51. The number of rotatable bonds is 7. The van der Waals surface area contributed by atoms with Crippen LogP contribution in [0.2, 0.25) is 0 Å². The van der Waals surface area contributed by atoms with E-state index < -0.39 is 6.04 Å². The van der Waals surface area contributed by atoms with Crippen molar-refractivity contribution in [2.75, 3.05) is 6.61 Å². The predicted octanol–water partition coefficient (Wildman–Crippen LogP) is 2.30. The summed E-state index contributed by atoms with van der Waals surface area (Å²) in [7, 11) is 0. The number of carbonyl (C=O) groups excluding carboxylic acids is 1. The minimum absolute atomic E-state index is 0.274. The highest BCUT2D eigenvalue weighted by Crippen LogP contribution is 2.15. The maximum atomic E-state index is 12.2. The zero-order valence-electron chi connectivity index (χ0n) is 12.5. The van der Waals surface area contributed by atoms with Crippen molar-refractivity contribution >= 4 is 5.97 Å². The number of carbonyl (C=O) groups is 1. The van der Waals surface area contributed by atoms with Crippen LogP contribution in [0.1, 0.15) is 31.1 Å². The molecule has 0 aliphatic heterocycles. The maximum absolute atomic E-state index is 12.2. The summed E-state index contributed by atoms with van der Waals surface area (Å²) in [4.78, 5) is 16.3. The van der Waals surface area contributed by atoms with Crippen molar-refractivity contribution < 1.29 is 9.53 Å². The molecule has 21 heavy (non-hydrogen) atoms. The van der Waals surface area contributed by atoms with Crippen LogP contribution in [0.5, 0.6) is 0 Å². The van der Waals surface area contributed by atoms with Gasteiger partial charge >= 0.3 is 5.97 Å². The van der Waals surface area contributed by atoms with Crippen LogP contribution in [0.4, 0.5) is 0 Å². The average molecular weight is 287 g/mol. The smallest absolute Gasteiger partial charge is 0.329 e. The van der Waals surface area contributed by atoms with Gasteiger partial charge < -0.3 is 9.30 Å². The number of hydrogen-bond acceptors (Lipinski definition) is 4. The van der Waals surface area contributed by atoms with Gasteiger partial charge in [0.15, 0.2) is 0 Å². The topological polar surface area (TPSA) is 56.1 Å². The lowest BCUT2D eigenvalue weighted by molar-refractivity contribution is -0.146. The number of nitrogens with zero attached hydrogens (tertiary/aromatic N) is 2. The summed E-state index contributed by atoms with van der Waals surface area (Å²) in [5, 5.41) is 3.26. The second-order valence-corrected chi connectivity index (χ2v) is 4.66. The quantitative estimate of drug-likeness (QED) is 0.794. The van der Waals surface area contributed by atoms with E-state index in [1.165, 1.54) is 0 Å². The lowest BCUT2D eigenvalue weighted by Gasteiger charge is -2.18. The van der Waals surface area contributed by atoms with E-state index in [0.717, 1.165) is 17.8 Å². The van der Waals surface area contributed by atoms with E-state index in [1.54, 1.807) is 12.5 Å². The molecular formula is C16H21N3O2. The fourth-order valence-corrected chi connectivity index (χ4v) is 2.19. The summed E-state index contributed by atoms with van der Waals surface area (Å²) < 4.78 is 7.12. The first-order valence-electron chi connectivity index (χ1n) is 7.20. The molecule has 0 aliphatic carbocycles. The van der Waals surface area contributed by atoms with E-state index in [0.29, 0.717) is 13.2 Å². The molecule has 1 aromatic heterocycles. The molecule has 0 spiro atoms. The number of aromatic nitrogens is 2. The van der Waals surface area contributed by atoms with E-state index in [1.807, 2.05) is 48.7 Å². The summed E-state index contributed by atoms with van der Waals surface area (Å²) in [5.41, 5.74) is 1.95. The van der Waals surface area contributed by atoms with Crippen LogP contribution in [0, 0.1) is 0 Å². The van der Waals surface area contributed by atoms with Gasteiger partial charge in [0.25, 0.3) is 0 Å². The van der Waals surface area contributed by atoms with E-state index in [4.69, 9.17) is 4.74 Å². The van der Waals surface area contributed by atoms with Crippen molar-refractivity contribution in [1.29, 1.82) is 0 Å². The molecule has 1 aromatic carbocycles. The van der Waals surface area contributed by atoms with Gasteiger partial charge in [-0.25, -0.2) is 9.78 Å². The molecule has 5 heteroatoms. The van der Waals surface area contributed by atoms with Gasteiger partial charge in [-0.05, 0) is 19.4 Å². The molecule has 1 unspecified atom stereocenters. The van der Waals surface area contributed by atoms with Crippen molar-refractivity contribution in [3.63, 3.8) is 0 Å². The Morgan fingerprint density at radius 2 is 2.10 bits per heavy atom. The molecule has 0 saturated heterocycles. The molecule has 1 N–H and O–H groups in total. The molecule has 112 valence electrons. The number of imidazole rings is 1. The lowest BCUT2D eigenvalue weighted by Crippen LogP contribution is -2.31. The number of ether oxygens (including phenoxy) is 1. The highest BCUT2D eigenvalue weighted by atomic mass is 16.5. The zero-order valence-corrected chi connectivity index (χ0v) is 12.5. The average Bonchev–Trinajstić information content (AvgIpc) is 2.97. The molecule has 0 bridgehead atoms. The molecule has 0 radical (unpaired) electrons. The summed E-state index contributed by atoms with van der Waals surface area (Å²) in [6, 6.07) is 9.46. The van der Waals surface area contributed by atoms with Crippen LogP contribution >= 0.6 is 0 Å². The highest BCUT2D eigenvalue weighted by molar-refractivity contribution is 5.77. The first-order valence-corrected chi connectivity index (χ1v) is 7.20. The fraction of sp³-hybridized carbons (Fsp3) is 0.375. The van der Waals surface area contributed by atoms with Crippen molar-refractivity contribution in [1.82, 2.24) is 14.9 Å². The summed E-state index contributed by atoms with van der Waals surface area (Å²) >= 11 is 0. The van der Waals surface area contributed by atoms with Gasteiger partial charge in [-0.3, -0.25) is 5.32 Å². The van der Waals surface area contributed by atoms with Gasteiger partial charge in [0.2, 0.25) is 0 Å². The van der Waals surface area contributed by atoms with Gasteiger partial charge in [-0.2, -0.15) is 0 Å². The van der Waals surface area contributed by atoms with Gasteiger partial charge in [0, 0.05) is 13.1 Å². The minimum Gasteiger partial charge on any atom is -0.465 e. The molecule has 2 aromatic rings. The minimum atomic E-state index is -0.507. The Labute approximate surface area is 125 Å². The second kappa shape index (κ2) is 7.59. The lowest BCUT2D eigenvalue weighted by atomic mass is 10.1. The van der Waals surface area contributed by atoms with E-state index >= 15 is 0 Å². The zero-order chi connectivity index (χ0) is 15.1. The van der Waals surface area contributed by atoms with Crippen molar-refractivity contribution in [3.8, 4) is 0 Å². The van der Waals surface area contributed by atoms with E-state index in [9.17, 15) is 4.79 Å². The van der Waals surface area contributed by atoms with E-state index in [-0.39, 0.29) is 5.97 Å². The Balaban J connectivity index is 2.14. The predicted molar refractivity (Wildman–Crippen MR) is 80.6 cm³/mol. The normalized spacial score (nSPS) is 12.1. The Morgan fingerprint density at radius 3 is 2.76 bits per heavy atom. The molecule has 2 rings (SSSR count). The summed E-state index contributed by atoms with van der Waals surface area (Å²) in [6.07, 6.45) is 3.44. The van der Waals surface area contributed by atoms with Crippen LogP contribution in [0.25, 0.3) is 0 Å². The first-order chi connectivity index (χ1) is 10.3. The van der Waals surface area contributed by atoms with Crippen molar-refractivity contribution in [3.05, 3.63) is 54.1 Å². The third-order valence-electron chi connectivity index (χ3n) is 3.26. The third-order valence-corrected chi connectivity index (χ3v) is 3.26. The fourth-order valence-electron chi connectivity index (χ4n) is 2.19. The Hall–Kier alpha value is -2.14. The summed E-state index contributed by atoms with van der Waals surface area (Å²) in [5.74, 6) is -0.274. The molecule has 1 heterocycles. The Morgan fingerprint density at radius 1 is 1.33 bits per heavy atom. The molecular weight excluding hydrogens is 266 g/mol. The molecule has 0 saturated carbocycles. The number of nitrogens with one attached hydrogen (secondary N) is 1. The molecule has 0 amide bonds. The number of esters is 1. The largest absolute Gasteiger partial charge is 0.465 e. The van der Waals surface area contributed by atoms with Gasteiger partial charge in [-0.15, -0.1) is 0 Å². The monoisotopic (exact) mass is 287 g/mol. The van der Waals surface area contributed by atoms with Crippen LogP contribution in [-0.2, 0) is 22.6 Å². The highest BCUT2D eigenvalue weighted by Gasteiger charge is 2.24. The summed E-state index contributed by atoms with van der Waals surface area (Å²) in [6.45, 7) is 5.55. The Bertz CT molecular complexity index is 566. The first kappa shape index (κ1) is 15.3. The van der Waals surface area contributed by atoms with Gasteiger partial charge in [0.1, 0.15) is 6.04 Å². The van der Waals surface area contributed by atoms with Crippen LogP contribution in [0.3, 0.4) is 0 Å². The molecule has 5 nitrogen and oxygen atoms in total. The standard InChI is InChI=1S/C16H21N3O2/c1-3-19-12-17-11-14(19)15(16(20)21-4-2)18-10-13-8-6-5-7-9-13/h5-9,11-12,15,18H,3-4,10H2,1-2H3. The van der Waals surface area contributed by atoms with Crippen LogP contribution < -0.4 is 5.32 Å².